The van der Waals surface area contributed by atoms with Crippen molar-refractivity contribution in [2.45, 2.75) is 6.92 Å². The number of fused-ring (bicyclic) bond motifs is 3. The maximum absolute atomic E-state index is 12.0. The number of thiophene rings is 1. The second-order valence-electron chi connectivity index (χ2n) is 6.47. The van der Waals surface area contributed by atoms with E-state index in [0.717, 1.165) is 16.5 Å². The van der Waals surface area contributed by atoms with Crippen LogP contribution < -0.4 is 0 Å². The highest BCUT2D eigenvalue weighted by atomic mass is 35.5. The van der Waals surface area contributed by atoms with Gasteiger partial charge in [0.1, 0.15) is 21.7 Å². The Hall–Kier alpha value is -3.01. The van der Waals surface area contributed by atoms with Crippen molar-refractivity contribution in [3.8, 4) is 22.8 Å². The van der Waals surface area contributed by atoms with E-state index in [1.54, 1.807) is 23.0 Å². The molecule has 4 aromatic heterocycles. The molecule has 1 aromatic carbocycles. The molecule has 0 bridgehead atoms. The highest BCUT2D eigenvalue weighted by molar-refractivity contribution is 7.20. The summed E-state index contributed by atoms with van der Waals surface area (Å²) in [6, 6.07) is 7.13. The molecule has 0 aliphatic carbocycles. The van der Waals surface area contributed by atoms with E-state index in [0.29, 0.717) is 42.6 Å². The normalized spacial score (nSPS) is 11.5. The van der Waals surface area contributed by atoms with E-state index < -0.39 is 5.97 Å². The summed E-state index contributed by atoms with van der Waals surface area (Å²) in [5.41, 5.74) is 3.50. The zero-order chi connectivity index (χ0) is 21.0. The van der Waals surface area contributed by atoms with Gasteiger partial charge in [-0.05, 0) is 30.7 Å². The fourth-order valence-corrected chi connectivity index (χ4v) is 4.53. The number of rotatable bonds is 3. The second-order valence-corrected chi connectivity index (χ2v) is 8.29. The Kier molecular flexibility index (Phi) is 4.46. The van der Waals surface area contributed by atoms with E-state index in [1.807, 2.05) is 19.1 Å². The summed E-state index contributed by atoms with van der Waals surface area (Å²) >= 11 is 13.4. The average Bonchev–Trinajstić information content (AvgIpc) is 3.45. The summed E-state index contributed by atoms with van der Waals surface area (Å²) < 4.78 is 6.45. The van der Waals surface area contributed by atoms with Crippen LogP contribution in [0.3, 0.4) is 0 Å². The van der Waals surface area contributed by atoms with E-state index in [4.69, 9.17) is 27.9 Å². The number of aromatic nitrogens is 6. The van der Waals surface area contributed by atoms with Gasteiger partial charge in [0.25, 0.3) is 0 Å². The van der Waals surface area contributed by atoms with Crippen LogP contribution in [0.2, 0.25) is 10.0 Å². The summed E-state index contributed by atoms with van der Waals surface area (Å²) in [6.07, 6.45) is 1.57. The van der Waals surface area contributed by atoms with Gasteiger partial charge in [-0.15, -0.1) is 16.4 Å². The number of nitrogens with zero attached hydrogens (tertiary/aromatic N) is 5. The van der Waals surface area contributed by atoms with E-state index in [1.165, 1.54) is 18.4 Å². The molecular formula is C19H12Cl2N6O2S. The summed E-state index contributed by atoms with van der Waals surface area (Å²) in [5.74, 6) is 0.0570. The van der Waals surface area contributed by atoms with E-state index in [-0.39, 0.29) is 0 Å². The van der Waals surface area contributed by atoms with Gasteiger partial charge in [0.2, 0.25) is 0 Å². The van der Waals surface area contributed by atoms with Gasteiger partial charge < -0.3 is 4.74 Å². The van der Waals surface area contributed by atoms with Gasteiger partial charge >= 0.3 is 5.97 Å². The Morgan fingerprint density at radius 1 is 1.23 bits per heavy atom. The van der Waals surface area contributed by atoms with Crippen LogP contribution in [0.1, 0.15) is 15.2 Å². The first-order valence-corrected chi connectivity index (χ1v) is 10.3. The fraction of sp³-hybridized carbons (Fsp3) is 0.105. The van der Waals surface area contributed by atoms with E-state index in [2.05, 4.69) is 25.3 Å². The largest absolute Gasteiger partial charge is 0.465 e. The molecule has 0 radical (unpaired) electrons. The Morgan fingerprint density at radius 3 is 2.83 bits per heavy atom. The van der Waals surface area contributed by atoms with Crippen LogP contribution in [0.15, 0.2) is 30.6 Å². The zero-order valence-corrected chi connectivity index (χ0v) is 17.9. The van der Waals surface area contributed by atoms with Crippen LogP contribution >= 0.6 is 34.5 Å². The smallest absolute Gasteiger partial charge is 0.348 e. The number of esters is 1. The fourth-order valence-electron chi connectivity index (χ4n) is 3.17. The number of nitrogens with one attached hydrogen (secondary N) is 1. The molecule has 5 rings (SSSR count). The molecule has 0 amide bonds. The number of aryl methyl sites for hydroxylation is 1. The van der Waals surface area contributed by atoms with Crippen LogP contribution in [0.25, 0.3) is 38.6 Å². The minimum Gasteiger partial charge on any atom is -0.465 e. The predicted molar refractivity (Wildman–Crippen MR) is 115 cm³/mol. The Labute approximate surface area is 183 Å². The Balaban J connectivity index is 1.61. The third kappa shape index (κ3) is 2.94. The average molecular weight is 459 g/mol. The van der Waals surface area contributed by atoms with E-state index in [9.17, 15) is 4.79 Å². The highest BCUT2D eigenvalue weighted by Crippen LogP contribution is 2.33. The van der Waals surface area contributed by atoms with Crippen molar-refractivity contribution in [1.82, 2.24) is 29.8 Å². The molecule has 0 saturated carbocycles. The quantitative estimate of drug-likeness (QED) is 0.390. The Morgan fingerprint density at radius 2 is 2.07 bits per heavy atom. The summed E-state index contributed by atoms with van der Waals surface area (Å²) in [4.78, 5) is 22.3. The summed E-state index contributed by atoms with van der Waals surface area (Å²) in [7, 11) is 1.36. The number of hydrogen-bond acceptors (Lipinski definition) is 7. The lowest BCUT2D eigenvalue weighted by molar-refractivity contribution is 0.0605. The van der Waals surface area contributed by atoms with Crippen LogP contribution in [-0.2, 0) is 4.74 Å². The predicted octanol–water partition coefficient (Wildman–Crippen LogP) is 4.80. The molecule has 0 unspecified atom stereocenters. The van der Waals surface area contributed by atoms with Crippen molar-refractivity contribution < 1.29 is 9.53 Å². The SMILES string of the molecule is COC(=O)c1sc2ncn3nc(-c4cc(-c5ccc(Cl)c(Cl)c5)n[nH]4)nc3c2c1C. The first-order valence-electron chi connectivity index (χ1n) is 8.70. The number of carbonyl (C=O) groups is 1. The topological polar surface area (TPSA) is 98.1 Å². The molecule has 0 aliphatic heterocycles. The minimum atomic E-state index is -0.395. The van der Waals surface area contributed by atoms with E-state index >= 15 is 0 Å². The maximum atomic E-state index is 12.0. The number of hydrogen-bond donors (Lipinski definition) is 1. The first kappa shape index (κ1) is 19.0. The number of H-pyrrole nitrogens is 1. The molecule has 11 heteroatoms. The number of benzene rings is 1. The van der Waals surface area contributed by atoms with Crippen molar-refractivity contribution in [3.63, 3.8) is 0 Å². The van der Waals surface area contributed by atoms with Crippen molar-refractivity contribution >= 4 is 56.4 Å². The summed E-state index contributed by atoms with van der Waals surface area (Å²) in [6.45, 7) is 1.85. The van der Waals surface area contributed by atoms with Gasteiger partial charge in [-0.2, -0.15) is 5.10 Å². The molecular weight excluding hydrogens is 447 g/mol. The molecule has 0 saturated heterocycles. The third-order valence-electron chi connectivity index (χ3n) is 4.67. The monoisotopic (exact) mass is 458 g/mol. The minimum absolute atomic E-state index is 0.395. The number of halogens is 2. The number of methoxy groups -OCH3 is 1. The van der Waals surface area contributed by atoms with Crippen molar-refractivity contribution in [3.05, 3.63) is 51.1 Å². The lowest BCUT2D eigenvalue weighted by Crippen LogP contribution is -1.99. The van der Waals surface area contributed by atoms with Gasteiger partial charge in [-0.1, -0.05) is 29.3 Å². The molecule has 0 aliphatic rings. The lowest BCUT2D eigenvalue weighted by atomic mass is 10.1. The Bertz CT molecular complexity index is 1450. The van der Waals surface area contributed by atoms with Gasteiger partial charge in [-0.25, -0.2) is 19.3 Å². The van der Waals surface area contributed by atoms with Crippen molar-refractivity contribution in [1.29, 1.82) is 0 Å². The van der Waals surface area contributed by atoms with Crippen LogP contribution in [0, 0.1) is 6.92 Å². The number of ether oxygens (including phenoxy) is 1. The number of aromatic amines is 1. The maximum Gasteiger partial charge on any atom is 0.348 e. The van der Waals surface area contributed by atoms with Crippen molar-refractivity contribution in [2.75, 3.05) is 7.11 Å². The zero-order valence-electron chi connectivity index (χ0n) is 15.6. The molecule has 4 heterocycles. The molecule has 30 heavy (non-hydrogen) atoms. The van der Waals surface area contributed by atoms with Crippen LogP contribution in [0.4, 0.5) is 0 Å². The highest BCUT2D eigenvalue weighted by Gasteiger charge is 2.21. The van der Waals surface area contributed by atoms with Gasteiger partial charge in [-0.3, -0.25) is 5.10 Å². The summed E-state index contributed by atoms with van der Waals surface area (Å²) in [5, 5.41) is 13.5. The molecule has 0 fully saturated rings. The second kappa shape index (κ2) is 7.05. The molecule has 150 valence electrons. The van der Waals surface area contributed by atoms with Crippen LogP contribution in [-0.4, -0.2) is 42.9 Å². The molecule has 1 N–H and O–H groups in total. The third-order valence-corrected chi connectivity index (χ3v) is 6.59. The van der Waals surface area contributed by atoms with Crippen molar-refractivity contribution in [2.24, 2.45) is 0 Å². The number of carbonyl (C=O) groups excluding carboxylic acids is 1. The molecule has 8 nitrogen and oxygen atoms in total. The molecule has 5 aromatic rings. The molecule has 0 atom stereocenters. The molecule has 0 spiro atoms. The first-order chi connectivity index (χ1) is 14.5. The standard InChI is InChI=1S/C19H12Cl2N6O2S/c1-8-14-17-23-16(26-27(17)7-22-18(14)30-15(8)19(28)29-2)13-6-12(24-25-13)9-3-4-10(20)11(21)5-9/h3-7H,1-2H3,(H,24,25). The van der Waals surface area contributed by atoms with Gasteiger partial charge in [0.05, 0.1) is 28.2 Å². The van der Waals surface area contributed by atoms with Gasteiger partial charge in [0.15, 0.2) is 11.5 Å². The van der Waals surface area contributed by atoms with Gasteiger partial charge in [0, 0.05) is 5.56 Å². The lowest BCUT2D eigenvalue weighted by Gasteiger charge is -1.98. The van der Waals surface area contributed by atoms with Crippen LogP contribution in [0.5, 0.6) is 0 Å².